The molecule has 0 saturated carbocycles. The Morgan fingerprint density at radius 1 is 1.24 bits per heavy atom. The van der Waals surface area contributed by atoms with Crippen molar-refractivity contribution < 1.29 is 9.18 Å². The first-order valence-electron chi connectivity index (χ1n) is 6.68. The second-order valence-corrected chi connectivity index (χ2v) is 5.87. The number of amides is 1. The molecule has 0 aromatic heterocycles. The zero-order chi connectivity index (χ0) is 15.0. The van der Waals surface area contributed by atoms with E-state index in [1.54, 1.807) is 17.0 Å². The highest BCUT2D eigenvalue weighted by atomic mass is 79.9. The normalized spacial score (nSPS) is 14.2. The van der Waals surface area contributed by atoms with Crippen molar-refractivity contribution in [1.29, 1.82) is 0 Å². The lowest BCUT2D eigenvalue weighted by atomic mass is 10.00. The molecule has 0 radical (unpaired) electrons. The summed E-state index contributed by atoms with van der Waals surface area (Å²) in [5, 5.41) is 0. The molecule has 1 aliphatic rings. The van der Waals surface area contributed by atoms with Crippen molar-refractivity contribution in [3.8, 4) is 0 Å². The first-order valence-corrected chi connectivity index (χ1v) is 7.47. The van der Waals surface area contributed by atoms with Gasteiger partial charge in [-0.2, -0.15) is 0 Å². The van der Waals surface area contributed by atoms with Gasteiger partial charge in [0, 0.05) is 17.8 Å². The minimum atomic E-state index is -0.325. The molecule has 3 rings (SSSR count). The van der Waals surface area contributed by atoms with Gasteiger partial charge in [-0.05, 0) is 57.7 Å². The monoisotopic (exact) mass is 348 g/mol. The smallest absolute Gasteiger partial charge is 0.227 e. The van der Waals surface area contributed by atoms with Crippen molar-refractivity contribution >= 4 is 33.2 Å². The Morgan fingerprint density at radius 2 is 2.05 bits per heavy atom. The molecule has 1 heterocycles. The molecule has 2 aromatic rings. The standard InChI is InChI=1S/C16H14BrFN2O/c17-16-11(2-1-3-13(16)18)9-20-14-6-5-12(19)8-10(14)4-7-15(20)21/h1-3,5-6,8H,4,7,9,19H2. The van der Waals surface area contributed by atoms with Crippen molar-refractivity contribution in [1.82, 2.24) is 0 Å². The predicted octanol–water partition coefficient (Wildman–Crippen LogP) is 3.65. The van der Waals surface area contributed by atoms with Crippen LogP contribution in [-0.2, 0) is 17.8 Å². The third kappa shape index (κ3) is 2.65. The van der Waals surface area contributed by atoms with E-state index >= 15 is 0 Å². The van der Waals surface area contributed by atoms with E-state index in [4.69, 9.17) is 5.73 Å². The molecule has 0 atom stereocenters. The van der Waals surface area contributed by atoms with Gasteiger partial charge in [-0.3, -0.25) is 4.79 Å². The lowest BCUT2D eigenvalue weighted by molar-refractivity contribution is -0.119. The molecule has 2 aromatic carbocycles. The molecule has 0 unspecified atom stereocenters. The summed E-state index contributed by atoms with van der Waals surface area (Å²) in [4.78, 5) is 13.9. The molecule has 108 valence electrons. The number of nitrogen functional groups attached to an aromatic ring is 1. The third-order valence-corrected chi connectivity index (χ3v) is 4.55. The predicted molar refractivity (Wildman–Crippen MR) is 84.5 cm³/mol. The van der Waals surface area contributed by atoms with E-state index in [1.165, 1.54) is 6.07 Å². The molecular weight excluding hydrogens is 335 g/mol. The van der Waals surface area contributed by atoms with Crippen LogP contribution in [0.1, 0.15) is 17.5 Å². The number of carbonyl (C=O) groups is 1. The number of benzene rings is 2. The molecule has 0 saturated heterocycles. The SMILES string of the molecule is Nc1ccc2c(c1)CCC(=O)N2Cc1cccc(F)c1Br. The second-order valence-electron chi connectivity index (χ2n) is 5.08. The van der Waals surface area contributed by atoms with Crippen molar-refractivity contribution in [2.75, 3.05) is 10.6 Å². The van der Waals surface area contributed by atoms with E-state index in [2.05, 4.69) is 15.9 Å². The Morgan fingerprint density at radius 3 is 2.86 bits per heavy atom. The van der Waals surface area contributed by atoms with Crippen molar-refractivity contribution in [3.05, 3.63) is 57.8 Å². The minimum Gasteiger partial charge on any atom is -0.399 e. The fourth-order valence-electron chi connectivity index (χ4n) is 2.59. The van der Waals surface area contributed by atoms with E-state index in [1.807, 2.05) is 18.2 Å². The van der Waals surface area contributed by atoms with Gasteiger partial charge in [0.25, 0.3) is 0 Å². The topological polar surface area (TPSA) is 46.3 Å². The first-order chi connectivity index (χ1) is 10.1. The summed E-state index contributed by atoms with van der Waals surface area (Å²) >= 11 is 3.25. The Bertz CT molecular complexity index is 717. The fraction of sp³-hybridized carbons (Fsp3) is 0.188. The van der Waals surface area contributed by atoms with Gasteiger partial charge in [0.1, 0.15) is 5.82 Å². The van der Waals surface area contributed by atoms with Crippen molar-refractivity contribution in [2.24, 2.45) is 0 Å². The number of halogens is 2. The largest absolute Gasteiger partial charge is 0.399 e. The summed E-state index contributed by atoms with van der Waals surface area (Å²) in [6.45, 7) is 0.341. The lowest BCUT2D eigenvalue weighted by Crippen LogP contribution is -2.34. The van der Waals surface area contributed by atoms with Crippen LogP contribution < -0.4 is 10.6 Å². The number of anilines is 2. The second kappa shape index (κ2) is 5.48. The van der Waals surface area contributed by atoms with Gasteiger partial charge >= 0.3 is 0 Å². The van der Waals surface area contributed by atoms with E-state index < -0.39 is 0 Å². The number of aryl methyl sites for hydroxylation is 1. The summed E-state index contributed by atoms with van der Waals surface area (Å²) in [6, 6.07) is 10.4. The maximum Gasteiger partial charge on any atom is 0.227 e. The number of rotatable bonds is 2. The molecule has 0 spiro atoms. The molecule has 0 aliphatic carbocycles. The first kappa shape index (κ1) is 14.1. The van der Waals surface area contributed by atoms with Crippen molar-refractivity contribution in [2.45, 2.75) is 19.4 Å². The highest BCUT2D eigenvalue weighted by Crippen LogP contribution is 2.32. The van der Waals surface area contributed by atoms with E-state index in [9.17, 15) is 9.18 Å². The maximum atomic E-state index is 13.6. The Balaban J connectivity index is 1.99. The third-order valence-electron chi connectivity index (χ3n) is 3.66. The van der Waals surface area contributed by atoms with E-state index in [-0.39, 0.29) is 11.7 Å². The van der Waals surface area contributed by atoms with E-state index in [0.29, 0.717) is 29.5 Å². The highest BCUT2D eigenvalue weighted by molar-refractivity contribution is 9.10. The van der Waals surface area contributed by atoms with Gasteiger partial charge in [0.05, 0.1) is 11.0 Å². The quantitative estimate of drug-likeness (QED) is 0.842. The zero-order valence-corrected chi connectivity index (χ0v) is 12.9. The molecule has 1 amide bonds. The van der Waals surface area contributed by atoms with Crippen LogP contribution in [0.3, 0.4) is 0 Å². The van der Waals surface area contributed by atoms with Crippen LogP contribution in [0.5, 0.6) is 0 Å². The van der Waals surface area contributed by atoms with Crippen LogP contribution in [-0.4, -0.2) is 5.91 Å². The van der Waals surface area contributed by atoms with Crippen LogP contribution in [0.15, 0.2) is 40.9 Å². The van der Waals surface area contributed by atoms with Crippen LogP contribution in [0, 0.1) is 5.82 Å². The minimum absolute atomic E-state index is 0.0448. The number of hydrogen-bond donors (Lipinski definition) is 1. The molecule has 0 fully saturated rings. The molecule has 5 heteroatoms. The lowest BCUT2D eigenvalue weighted by Gasteiger charge is -2.30. The Hall–Kier alpha value is -1.88. The fourth-order valence-corrected chi connectivity index (χ4v) is 2.98. The molecule has 21 heavy (non-hydrogen) atoms. The van der Waals surface area contributed by atoms with Crippen LogP contribution in [0.4, 0.5) is 15.8 Å². The number of nitrogens with zero attached hydrogens (tertiary/aromatic N) is 1. The van der Waals surface area contributed by atoms with Crippen LogP contribution >= 0.6 is 15.9 Å². The van der Waals surface area contributed by atoms with Gasteiger partial charge in [0.15, 0.2) is 0 Å². The van der Waals surface area contributed by atoms with Gasteiger partial charge in [0.2, 0.25) is 5.91 Å². The number of carbonyl (C=O) groups excluding carboxylic acids is 1. The van der Waals surface area contributed by atoms with Gasteiger partial charge in [-0.15, -0.1) is 0 Å². The maximum absolute atomic E-state index is 13.6. The van der Waals surface area contributed by atoms with Crippen LogP contribution in [0.2, 0.25) is 0 Å². The van der Waals surface area contributed by atoms with Crippen LogP contribution in [0.25, 0.3) is 0 Å². The summed E-state index contributed by atoms with van der Waals surface area (Å²) in [6.07, 6.45) is 1.14. The number of fused-ring (bicyclic) bond motifs is 1. The average molecular weight is 349 g/mol. The number of hydrogen-bond acceptors (Lipinski definition) is 2. The molecule has 3 nitrogen and oxygen atoms in total. The summed E-state index contributed by atoms with van der Waals surface area (Å²) in [7, 11) is 0. The molecule has 0 bridgehead atoms. The summed E-state index contributed by atoms with van der Waals surface area (Å²) in [5.41, 5.74) is 9.15. The zero-order valence-electron chi connectivity index (χ0n) is 11.3. The van der Waals surface area contributed by atoms with E-state index in [0.717, 1.165) is 16.8 Å². The Kier molecular flexibility index (Phi) is 3.68. The van der Waals surface area contributed by atoms with Gasteiger partial charge in [-0.25, -0.2) is 4.39 Å². The summed E-state index contributed by atoms with van der Waals surface area (Å²) < 4.78 is 14.0. The summed E-state index contributed by atoms with van der Waals surface area (Å²) in [5.74, 6) is -0.280. The average Bonchev–Trinajstić information content (AvgIpc) is 2.46. The Labute approximate surface area is 130 Å². The number of nitrogens with two attached hydrogens (primary N) is 1. The molecular formula is C16H14BrFN2O. The molecule has 1 aliphatic heterocycles. The van der Waals surface area contributed by atoms with Crippen molar-refractivity contribution in [3.63, 3.8) is 0 Å². The molecule has 2 N–H and O–H groups in total. The van der Waals surface area contributed by atoms with Gasteiger partial charge < -0.3 is 10.6 Å². The van der Waals surface area contributed by atoms with Gasteiger partial charge in [-0.1, -0.05) is 12.1 Å². The highest BCUT2D eigenvalue weighted by Gasteiger charge is 2.25.